The van der Waals surface area contributed by atoms with E-state index in [-0.39, 0.29) is 0 Å². The molecule has 0 radical (unpaired) electrons. The van der Waals surface area contributed by atoms with E-state index in [0.29, 0.717) is 11.8 Å². The second-order valence-corrected chi connectivity index (χ2v) is 7.44. The number of hydrogen-bond donors (Lipinski definition) is 0. The van der Waals surface area contributed by atoms with Crippen molar-refractivity contribution in [3.05, 3.63) is 60.4 Å². The van der Waals surface area contributed by atoms with Crippen molar-refractivity contribution in [1.82, 2.24) is 15.0 Å². The minimum Gasteiger partial charge on any atom is -0.334 e. The highest BCUT2D eigenvalue weighted by Gasteiger charge is 2.33. The average Bonchev–Trinajstić information content (AvgIpc) is 3.45. The fraction of sp³-hybridized carbons (Fsp3) is 0.364. The maximum absolute atomic E-state index is 5.56. The van der Waals surface area contributed by atoms with Crippen molar-refractivity contribution >= 4 is 0 Å². The van der Waals surface area contributed by atoms with Gasteiger partial charge in [0.15, 0.2) is 5.82 Å². The first-order chi connectivity index (χ1) is 12.9. The third-order valence-electron chi connectivity index (χ3n) is 5.64. The minimum atomic E-state index is 0.436. The number of rotatable bonds is 4. The Morgan fingerprint density at radius 3 is 2.12 bits per heavy atom. The Morgan fingerprint density at radius 2 is 1.42 bits per heavy atom. The molecule has 1 aliphatic heterocycles. The SMILES string of the molecule is c1ccc(-c2ccc(-c3nc(C4CCN(C5CC5)CC4)no3)cc2)cc1. The van der Waals surface area contributed by atoms with Crippen LogP contribution in [0, 0.1) is 0 Å². The summed E-state index contributed by atoms with van der Waals surface area (Å²) in [5.74, 6) is 1.94. The van der Waals surface area contributed by atoms with Crippen LogP contribution in [0.2, 0.25) is 0 Å². The average molecular weight is 345 g/mol. The third-order valence-corrected chi connectivity index (χ3v) is 5.64. The molecule has 0 amide bonds. The number of benzene rings is 2. The van der Waals surface area contributed by atoms with E-state index < -0.39 is 0 Å². The van der Waals surface area contributed by atoms with Gasteiger partial charge in [0.2, 0.25) is 0 Å². The van der Waals surface area contributed by atoms with Gasteiger partial charge in [0.1, 0.15) is 0 Å². The molecule has 0 spiro atoms. The molecule has 1 aromatic heterocycles. The van der Waals surface area contributed by atoms with Crippen molar-refractivity contribution in [2.24, 2.45) is 0 Å². The van der Waals surface area contributed by atoms with E-state index in [1.54, 1.807) is 0 Å². The monoisotopic (exact) mass is 345 g/mol. The Hall–Kier alpha value is -2.46. The van der Waals surface area contributed by atoms with Gasteiger partial charge in [-0.3, -0.25) is 0 Å². The van der Waals surface area contributed by atoms with E-state index in [0.717, 1.165) is 30.3 Å². The van der Waals surface area contributed by atoms with Crippen LogP contribution in [-0.2, 0) is 0 Å². The van der Waals surface area contributed by atoms with Crippen molar-refractivity contribution in [2.45, 2.75) is 37.6 Å². The van der Waals surface area contributed by atoms with Crippen LogP contribution in [0.15, 0.2) is 59.1 Å². The molecule has 2 aliphatic rings. The van der Waals surface area contributed by atoms with Crippen LogP contribution in [0.25, 0.3) is 22.6 Å². The standard InChI is InChI=1S/C22H23N3O/c1-2-4-16(5-3-1)17-6-8-19(9-7-17)22-23-21(24-26-22)18-12-14-25(15-13-18)20-10-11-20/h1-9,18,20H,10-15H2. The van der Waals surface area contributed by atoms with E-state index in [1.165, 1.54) is 37.1 Å². The number of likely N-dealkylation sites (tertiary alicyclic amines) is 1. The van der Waals surface area contributed by atoms with E-state index in [4.69, 9.17) is 9.51 Å². The van der Waals surface area contributed by atoms with Gasteiger partial charge in [-0.1, -0.05) is 47.6 Å². The summed E-state index contributed by atoms with van der Waals surface area (Å²) in [5.41, 5.74) is 3.40. The van der Waals surface area contributed by atoms with Gasteiger partial charge in [-0.05, 0) is 62.0 Å². The largest absolute Gasteiger partial charge is 0.334 e. The second kappa shape index (κ2) is 6.69. The molecule has 4 heteroatoms. The van der Waals surface area contributed by atoms with E-state index in [1.807, 2.05) is 6.07 Å². The molecule has 1 saturated heterocycles. The summed E-state index contributed by atoms with van der Waals surface area (Å²) in [6.07, 6.45) is 5.05. The summed E-state index contributed by atoms with van der Waals surface area (Å²) >= 11 is 0. The van der Waals surface area contributed by atoms with Crippen molar-refractivity contribution < 1.29 is 4.52 Å². The minimum absolute atomic E-state index is 0.436. The molecule has 0 atom stereocenters. The lowest BCUT2D eigenvalue weighted by atomic mass is 9.96. The fourth-order valence-electron chi connectivity index (χ4n) is 3.92. The van der Waals surface area contributed by atoms with Crippen LogP contribution in [0.5, 0.6) is 0 Å². The Bertz CT molecular complexity index is 860. The first-order valence-corrected chi connectivity index (χ1v) is 9.60. The Kier molecular flexibility index (Phi) is 4.06. The van der Waals surface area contributed by atoms with Crippen LogP contribution in [-0.4, -0.2) is 34.2 Å². The zero-order chi connectivity index (χ0) is 17.3. The normalized spacial score (nSPS) is 18.9. The first-order valence-electron chi connectivity index (χ1n) is 9.60. The van der Waals surface area contributed by atoms with Crippen LogP contribution < -0.4 is 0 Å². The summed E-state index contributed by atoms with van der Waals surface area (Å²) in [5, 5.41) is 4.28. The maximum Gasteiger partial charge on any atom is 0.257 e. The number of piperidine rings is 1. The van der Waals surface area contributed by atoms with E-state index in [9.17, 15) is 0 Å². The molecule has 2 fully saturated rings. The van der Waals surface area contributed by atoms with Gasteiger partial charge in [0.05, 0.1) is 0 Å². The molecule has 1 saturated carbocycles. The zero-order valence-corrected chi connectivity index (χ0v) is 14.8. The highest BCUT2D eigenvalue weighted by Crippen LogP contribution is 2.34. The van der Waals surface area contributed by atoms with Gasteiger partial charge >= 0.3 is 0 Å². The highest BCUT2D eigenvalue weighted by molar-refractivity contribution is 5.67. The fourth-order valence-corrected chi connectivity index (χ4v) is 3.92. The van der Waals surface area contributed by atoms with Crippen LogP contribution in [0.3, 0.4) is 0 Å². The van der Waals surface area contributed by atoms with E-state index in [2.05, 4.69) is 58.6 Å². The molecule has 26 heavy (non-hydrogen) atoms. The highest BCUT2D eigenvalue weighted by atomic mass is 16.5. The zero-order valence-electron chi connectivity index (χ0n) is 14.8. The third kappa shape index (κ3) is 3.17. The van der Waals surface area contributed by atoms with E-state index >= 15 is 0 Å². The molecule has 132 valence electrons. The first kappa shape index (κ1) is 15.8. The lowest BCUT2D eigenvalue weighted by Crippen LogP contribution is -2.34. The van der Waals surface area contributed by atoms with Gasteiger partial charge < -0.3 is 9.42 Å². The smallest absolute Gasteiger partial charge is 0.257 e. The number of hydrogen-bond acceptors (Lipinski definition) is 4. The van der Waals surface area contributed by atoms with Gasteiger partial charge in [0, 0.05) is 17.5 Å². The molecule has 3 aromatic rings. The lowest BCUT2D eigenvalue weighted by Gasteiger charge is -2.30. The predicted molar refractivity (Wildman–Crippen MR) is 102 cm³/mol. The molecule has 0 N–H and O–H groups in total. The number of nitrogens with zero attached hydrogens (tertiary/aromatic N) is 3. The second-order valence-electron chi connectivity index (χ2n) is 7.44. The topological polar surface area (TPSA) is 42.2 Å². The molecular weight excluding hydrogens is 322 g/mol. The Balaban J connectivity index is 1.29. The summed E-state index contributed by atoms with van der Waals surface area (Å²) in [6, 6.07) is 19.6. The molecule has 4 nitrogen and oxygen atoms in total. The van der Waals surface area contributed by atoms with Gasteiger partial charge in [-0.15, -0.1) is 0 Å². The van der Waals surface area contributed by atoms with Crippen molar-refractivity contribution in [1.29, 1.82) is 0 Å². The summed E-state index contributed by atoms with van der Waals surface area (Å²) < 4.78 is 5.56. The molecular formula is C22H23N3O. The van der Waals surface area contributed by atoms with Crippen LogP contribution in [0.1, 0.15) is 37.4 Å². The Morgan fingerprint density at radius 1 is 0.769 bits per heavy atom. The van der Waals surface area contributed by atoms with Crippen molar-refractivity contribution in [3.8, 4) is 22.6 Å². The molecule has 0 bridgehead atoms. The summed E-state index contributed by atoms with van der Waals surface area (Å²) in [6.45, 7) is 2.34. The number of aromatic nitrogens is 2. The molecule has 5 rings (SSSR count). The summed E-state index contributed by atoms with van der Waals surface area (Å²) in [7, 11) is 0. The molecule has 2 heterocycles. The lowest BCUT2D eigenvalue weighted by molar-refractivity contribution is 0.199. The molecule has 2 aromatic carbocycles. The van der Waals surface area contributed by atoms with Gasteiger partial charge in [-0.25, -0.2) is 0 Å². The van der Waals surface area contributed by atoms with Gasteiger partial charge in [-0.2, -0.15) is 4.98 Å². The van der Waals surface area contributed by atoms with Crippen LogP contribution >= 0.6 is 0 Å². The van der Waals surface area contributed by atoms with Gasteiger partial charge in [0.25, 0.3) is 5.89 Å². The summed E-state index contributed by atoms with van der Waals surface area (Å²) in [4.78, 5) is 7.32. The molecule has 1 aliphatic carbocycles. The molecule has 0 unspecified atom stereocenters. The predicted octanol–water partition coefficient (Wildman–Crippen LogP) is 4.75. The van der Waals surface area contributed by atoms with Crippen molar-refractivity contribution in [2.75, 3.05) is 13.1 Å². The maximum atomic E-state index is 5.56. The Labute approximate surface area is 153 Å². The van der Waals surface area contributed by atoms with Crippen molar-refractivity contribution in [3.63, 3.8) is 0 Å². The van der Waals surface area contributed by atoms with Crippen LogP contribution in [0.4, 0.5) is 0 Å². The quantitative estimate of drug-likeness (QED) is 0.684.